The summed E-state index contributed by atoms with van der Waals surface area (Å²) in [4.78, 5) is 40.1. The molecule has 1 fully saturated rings. The normalized spacial score (nSPS) is 14.5. The standard InChI is InChI=1S/C35H35BrN2O7/c1-21-30(38(34(41)44-35(3,4)5)33(40)42-22(2)28-8-6-7-23(19-28)20-36)31(45-37-21)26-11-9-24(10-12-26)25-15-17-29(18-16-25)43-32(39)27-13-14-27/h6-12,15-19,22,27H,13-14,20H2,1-5H3/i20D2. The van der Waals surface area contributed by atoms with Gasteiger partial charge in [0.05, 0.1) is 5.92 Å². The molecule has 5 rings (SSSR count). The molecule has 1 aliphatic rings. The summed E-state index contributed by atoms with van der Waals surface area (Å²) in [5.74, 6) is 0.451. The number of hydrogen-bond donors (Lipinski definition) is 0. The molecule has 1 unspecified atom stereocenters. The largest absolute Gasteiger partial charge is 0.443 e. The lowest BCUT2D eigenvalue weighted by molar-refractivity contribution is -0.135. The Morgan fingerprint density at radius 2 is 1.62 bits per heavy atom. The Labute approximate surface area is 273 Å². The zero-order chi connectivity index (χ0) is 34.1. The number of aryl methyl sites for hydroxylation is 1. The molecule has 1 heterocycles. The van der Waals surface area contributed by atoms with Crippen molar-refractivity contribution >= 4 is 39.8 Å². The van der Waals surface area contributed by atoms with Crippen LogP contribution in [0.25, 0.3) is 22.5 Å². The Balaban J connectivity index is 1.42. The van der Waals surface area contributed by atoms with Crippen molar-refractivity contribution < 1.29 is 35.9 Å². The smallest absolute Gasteiger partial charge is 0.424 e. The average molecular weight is 678 g/mol. The number of halogens is 1. The fraction of sp³-hybridized carbons (Fsp3) is 0.314. The zero-order valence-electron chi connectivity index (χ0n) is 27.6. The number of imide groups is 1. The SMILES string of the molecule is [2H]C([2H])(Br)c1cccc(C(C)OC(=O)N(C(=O)OC(C)(C)C)c2c(C)noc2-c2ccc(-c3ccc(OC(=O)C4CC4)cc3)cc2)c1. The van der Waals surface area contributed by atoms with Crippen molar-refractivity contribution in [2.24, 2.45) is 5.92 Å². The first-order valence-electron chi connectivity index (χ1n) is 15.5. The number of anilines is 1. The Hall–Kier alpha value is -4.44. The van der Waals surface area contributed by atoms with E-state index < -0.39 is 29.2 Å². The monoisotopic (exact) mass is 676 g/mol. The van der Waals surface area contributed by atoms with Gasteiger partial charge >= 0.3 is 18.2 Å². The zero-order valence-corrected chi connectivity index (χ0v) is 27.2. The number of amides is 2. The molecule has 0 bridgehead atoms. The Morgan fingerprint density at radius 1 is 1.00 bits per heavy atom. The lowest BCUT2D eigenvalue weighted by atomic mass is 10.0. The maximum absolute atomic E-state index is 13.8. The van der Waals surface area contributed by atoms with Crippen molar-refractivity contribution in [3.63, 3.8) is 0 Å². The minimum atomic E-state index is -1.78. The van der Waals surface area contributed by atoms with Crippen LogP contribution >= 0.6 is 15.9 Å². The third kappa shape index (κ3) is 7.81. The van der Waals surface area contributed by atoms with Gasteiger partial charge in [0.2, 0.25) is 0 Å². The van der Waals surface area contributed by atoms with E-state index in [4.69, 9.17) is 21.5 Å². The number of carbonyl (C=O) groups is 3. The van der Waals surface area contributed by atoms with Gasteiger partial charge in [-0.15, -0.1) is 0 Å². The highest BCUT2D eigenvalue weighted by Crippen LogP contribution is 2.37. The third-order valence-electron chi connectivity index (χ3n) is 7.02. The second-order valence-corrected chi connectivity index (χ2v) is 12.2. The first kappa shape index (κ1) is 29.3. The molecule has 0 spiro atoms. The van der Waals surface area contributed by atoms with Crippen LogP contribution in [-0.4, -0.2) is 28.9 Å². The van der Waals surface area contributed by atoms with E-state index in [-0.39, 0.29) is 29.0 Å². The molecule has 0 N–H and O–H groups in total. The number of alkyl halides is 1. The molecular formula is C35H35BrN2O7. The molecule has 10 heteroatoms. The van der Waals surface area contributed by atoms with Crippen LogP contribution in [0.4, 0.5) is 15.3 Å². The van der Waals surface area contributed by atoms with Crippen LogP contribution in [-0.2, 0) is 19.6 Å². The van der Waals surface area contributed by atoms with E-state index in [1.54, 1.807) is 83.1 Å². The molecular weight excluding hydrogens is 640 g/mol. The van der Waals surface area contributed by atoms with Gasteiger partial charge in [-0.3, -0.25) is 4.79 Å². The van der Waals surface area contributed by atoms with Gasteiger partial charge in [-0.1, -0.05) is 81.8 Å². The van der Waals surface area contributed by atoms with Gasteiger partial charge in [0.15, 0.2) is 5.76 Å². The van der Waals surface area contributed by atoms with Gasteiger partial charge in [-0.05, 0) is 81.8 Å². The van der Waals surface area contributed by atoms with Crippen LogP contribution < -0.4 is 9.64 Å². The first-order chi connectivity index (χ1) is 22.1. The lowest BCUT2D eigenvalue weighted by Crippen LogP contribution is -2.42. The van der Waals surface area contributed by atoms with Gasteiger partial charge in [0, 0.05) is 13.6 Å². The number of nitrogens with zero attached hydrogens (tertiary/aromatic N) is 2. The van der Waals surface area contributed by atoms with Gasteiger partial charge in [0.25, 0.3) is 0 Å². The molecule has 2 amide bonds. The summed E-state index contributed by atoms with van der Waals surface area (Å²) >= 11 is 3.01. The number of aromatic nitrogens is 1. The number of carbonyl (C=O) groups excluding carboxylic acids is 3. The number of rotatable bonds is 8. The molecule has 0 aliphatic heterocycles. The fourth-order valence-corrected chi connectivity index (χ4v) is 4.80. The number of hydrogen-bond acceptors (Lipinski definition) is 8. The molecule has 3 aromatic carbocycles. The van der Waals surface area contributed by atoms with Crippen LogP contribution in [0.5, 0.6) is 5.75 Å². The Morgan fingerprint density at radius 3 is 2.22 bits per heavy atom. The molecule has 1 atom stereocenters. The maximum Gasteiger partial charge on any atom is 0.424 e. The summed E-state index contributed by atoms with van der Waals surface area (Å²) in [5.41, 5.74) is 2.56. The summed E-state index contributed by atoms with van der Waals surface area (Å²) in [6, 6.07) is 21.0. The molecule has 4 aromatic rings. The van der Waals surface area contributed by atoms with Crippen LogP contribution in [0.2, 0.25) is 0 Å². The Kier molecular flexibility index (Phi) is 8.64. The average Bonchev–Trinajstić information content (AvgIpc) is 3.80. The molecule has 1 saturated carbocycles. The fourth-order valence-electron chi connectivity index (χ4n) is 4.55. The highest BCUT2D eigenvalue weighted by atomic mass is 79.9. The van der Waals surface area contributed by atoms with Crippen molar-refractivity contribution in [2.45, 2.75) is 64.4 Å². The van der Waals surface area contributed by atoms with E-state index in [9.17, 15) is 14.4 Å². The van der Waals surface area contributed by atoms with Crippen LogP contribution in [0.15, 0.2) is 77.3 Å². The molecule has 1 aromatic heterocycles. The quantitative estimate of drug-likeness (QED) is 0.103. The minimum absolute atomic E-state index is 0.00813. The first-order valence-corrected chi connectivity index (χ1v) is 15.3. The van der Waals surface area contributed by atoms with E-state index in [2.05, 4.69) is 21.1 Å². The van der Waals surface area contributed by atoms with Gasteiger partial charge in [0.1, 0.15) is 28.8 Å². The van der Waals surface area contributed by atoms with Crippen molar-refractivity contribution in [3.8, 4) is 28.2 Å². The molecule has 234 valence electrons. The van der Waals surface area contributed by atoms with Crippen LogP contribution in [0.1, 0.15) is 66.2 Å². The molecule has 0 radical (unpaired) electrons. The summed E-state index contributed by atoms with van der Waals surface area (Å²) in [6.07, 6.45) is -1.11. The highest BCUT2D eigenvalue weighted by Gasteiger charge is 2.37. The van der Waals surface area contributed by atoms with Crippen LogP contribution in [0, 0.1) is 12.8 Å². The van der Waals surface area contributed by atoms with Gasteiger partial charge in [-0.2, -0.15) is 4.90 Å². The van der Waals surface area contributed by atoms with E-state index >= 15 is 0 Å². The summed E-state index contributed by atoms with van der Waals surface area (Å²) in [7, 11) is 0. The van der Waals surface area contributed by atoms with E-state index in [0.29, 0.717) is 22.4 Å². The highest BCUT2D eigenvalue weighted by molar-refractivity contribution is 9.08. The van der Waals surface area contributed by atoms with Gasteiger partial charge < -0.3 is 18.7 Å². The molecule has 0 saturated heterocycles. The van der Waals surface area contributed by atoms with Crippen molar-refractivity contribution in [1.82, 2.24) is 5.16 Å². The van der Waals surface area contributed by atoms with E-state index in [1.807, 2.05) is 24.3 Å². The molecule has 45 heavy (non-hydrogen) atoms. The number of ether oxygens (including phenoxy) is 3. The van der Waals surface area contributed by atoms with E-state index in [0.717, 1.165) is 28.9 Å². The number of benzene rings is 3. The predicted molar refractivity (Wildman–Crippen MR) is 173 cm³/mol. The third-order valence-corrected chi connectivity index (χ3v) is 7.48. The topological polar surface area (TPSA) is 108 Å². The Bertz CT molecular complexity index is 1770. The van der Waals surface area contributed by atoms with Crippen molar-refractivity contribution in [3.05, 3.63) is 89.6 Å². The summed E-state index contributed by atoms with van der Waals surface area (Å²) in [6.45, 7) is 8.27. The number of esters is 1. The van der Waals surface area contributed by atoms with Crippen molar-refractivity contribution in [1.29, 1.82) is 0 Å². The predicted octanol–water partition coefficient (Wildman–Crippen LogP) is 9.17. The maximum atomic E-state index is 13.8. The van der Waals surface area contributed by atoms with Crippen molar-refractivity contribution in [2.75, 3.05) is 4.90 Å². The summed E-state index contributed by atoms with van der Waals surface area (Å²) in [5, 5.41) is 2.28. The minimum Gasteiger partial charge on any atom is -0.443 e. The second-order valence-electron chi connectivity index (χ2n) is 11.8. The molecule has 1 aliphatic carbocycles. The van der Waals surface area contributed by atoms with Crippen LogP contribution in [0.3, 0.4) is 0 Å². The van der Waals surface area contributed by atoms with Gasteiger partial charge in [-0.25, -0.2) is 9.59 Å². The molecule has 9 nitrogen and oxygen atoms in total. The van der Waals surface area contributed by atoms with E-state index in [1.165, 1.54) is 0 Å². The second kappa shape index (κ2) is 13.3. The summed E-state index contributed by atoms with van der Waals surface area (Å²) < 4.78 is 38.4. The lowest BCUT2D eigenvalue weighted by Gasteiger charge is -2.26.